The zero-order chi connectivity index (χ0) is 11.5. The summed E-state index contributed by atoms with van der Waals surface area (Å²) in [5, 5.41) is 3.16. The number of carbonyl (C=O) groups excluding carboxylic acids is 1. The van der Waals surface area contributed by atoms with Crippen molar-refractivity contribution >= 4 is 5.97 Å². The van der Waals surface area contributed by atoms with E-state index in [1.165, 1.54) is 0 Å². The molecule has 0 spiro atoms. The molecule has 0 rings (SSSR count). The van der Waals surface area contributed by atoms with E-state index >= 15 is 0 Å². The highest BCUT2D eigenvalue weighted by Crippen LogP contribution is 1.89. The first kappa shape index (κ1) is 14.3. The SMILES string of the molecule is CCOC(=O)CCNC(COC)COC. The maximum absolute atomic E-state index is 11.0. The Balaban J connectivity index is 3.55. The van der Waals surface area contributed by atoms with E-state index in [2.05, 4.69) is 5.32 Å². The molecule has 0 saturated carbocycles. The van der Waals surface area contributed by atoms with Crippen molar-refractivity contribution in [2.45, 2.75) is 19.4 Å². The van der Waals surface area contributed by atoms with Crippen LogP contribution in [0.15, 0.2) is 0 Å². The number of rotatable bonds is 9. The Morgan fingerprint density at radius 1 is 1.27 bits per heavy atom. The molecule has 0 heterocycles. The van der Waals surface area contributed by atoms with E-state index in [1.54, 1.807) is 21.1 Å². The molecule has 0 aliphatic heterocycles. The van der Waals surface area contributed by atoms with E-state index in [-0.39, 0.29) is 12.0 Å². The van der Waals surface area contributed by atoms with Gasteiger partial charge < -0.3 is 19.5 Å². The van der Waals surface area contributed by atoms with Gasteiger partial charge in [0.1, 0.15) is 0 Å². The molecule has 0 atom stereocenters. The van der Waals surface area contributed by atoms with Crippen LogP contribution in [0.4, 0.5) is 0 Å². The van der Waals surface area contributed by atoms with Crippen LogP contribution in [0.25, 0.3) is 0 Å². The van der Waals surface area contributed by atoms with Gasteiger partial charge in [-0.15, -0.1) is 0 Å². The maximum Gasteiger partial charge on any atom is 0.307 e. The Morgan fingerprint density at radius 3 is 2.33 bits per heavy atom. The second-order valence-electron chi connectivity index (χ2n) is 3.12. The first-order chi connectivity index (χ1) is 7.24. The van der Waals surface area contributed by atoms with Crippen LogP contribution in [0.3, 0.4) is 0 Å². The Bertz CT molecular complexity index is 158. The molecule has 0 aliphatic carbocycles. The van der Waals surface area contributed by atoms with Crippen LogP contribution in [0.2, 0.25) is 0 Å². The molecule has 0 aromatic rings. The molecule has 0 radical (unpaired) electrons. The van der Waals surface area contributed by atoms with E-state index in [1.807, 2.05) is 0 Å². The molecule has 5 heteroatoms. The second kappa shape index (κ2) is 9.89. The number of carbonyl (C=O) groups is 1. The summed E-state index contributed by atoms with van der Waals surface area (Å²) in [5.74, 6) is -0.182. The Hall–Kier alpha value is -0.650. The number of methoxy groups -OCH3 is 2. The molecule has 0 saturated heterocycles. The van der Waals surface area contributed by atoms with Gasteiger partial charge in [-0.3, -0.25) is 4.79 Å². The van der Waals surface area contributed by atoms with E-state index in [0.717, 1.165) is 0 Å². The van der Waals surface area contributed by atoms with Crippen molar-refractivity contribution in [1.29, 1.82) is 0 Å². The van der Waals surface area contributed by atoms with E-state index in [4.69, 9.17) is 14.2 Å². The van der Waals surface area contributed by atoms with Crippen molar-refractivity contribution in [2.75, 3.05) is 40.6 Å². The van der Waals surface area contributed by atoms with Crippen LogP contribution in [-0.2, 0) is 19.0 Å². The van der Waals surface area contributed by atoms with Crippen molar-refractivity contribution in [3.8, 4) is 0 Å². The highest BCUT2D eigenvalue weighted by Gasteiger charge is 2.08. The summed E-state index contributed by atoms with van der Waals surface area (Å²) in [6.07, 6.45) is 0.373. The predicted octanol–water partition coefficient (Wildman–Crippen LogP) is 0.191. The number of nitrogens with one attached hydrogen (secondary N) is 1. The minimum Gasteiger partial charge on any atom is -0.466 e. The fourth-order valence-corrected chi connectivity index (χ4v) is 1.18. The fourth-order valence-electron chi connectivity index (χ4n) is 1.18. The summed E-state index contributed by atoms with van der Waals surface area (Å²) >= 11 is 0. The molecule has 1 N–H and O–H groups in total. The topological polar surface area (TPSA) is 56.8 Å². The number of hydrogen-bond acceptors (Lipinski definition) is 5. The molecule has 5 nitrogen and oxygen atoms in total. The lowest BCUT2D eigenvalue weighted by Gasteiger charge is -2.16. The van der Waals surface area contributed by atoms with Crippen molar-refractivity contribution in [2.24, 2.45) is 0 Å². The molecule has 0 aliphatic rings. The summed E-state index contributed by atoms with van der Waals surface area (Å²) in [7, 11) is 3.27. The third-order valence-electron chi connectivity index (χ3n) is 1.80. The summed E-state index contributed by atoms with van der Waals surface area (Å²) in [6.45, 7) is 3.94. The smallest absolute Gasteiger partial charge is 0.307 e. The molecular formula is C10H21NO4. The van der Waals surface area contributed by atoms with Gasteiger partial charge in [-0.1, -0.05) is 0 Å². The van der Waals surface area contributed by atoms with E-state index in [9.17, 15) is 4.79 Å². The van der Waals surface area contributed by atoms with Gasteiger partial charge in [0.25, 0.3) is 0 Å². The fraction of sp³-hybridized carbons (Fsp3) is 0.900. The summed E-state index contributed by atoms with van der Waals surface area (Å²) in [6, 6.07) is 0.120. The third-order valence-corrected chi connectivity index (χ3v) is 1.80. The average molecular weight is 219 g/mol. The first-order valence-corrected chi connectivity index (χ1v) is 5.11. The van der Waals surface area contributed by atoms with Crippen molar-refractivity contribution in [3.63, 3.8) is 0 Å². The molecule has 0 bridgehead atoms. The molecule has 15 heavy (non-hydrogen) atoms. The lowest BCUT2D eigenvalue weighted by atomic mass is 10.3. The van der Waals surface area contributed by atoms with Gasteiger partial charge in [0.2, 0.25) is 0 Å². The minimum absolute atomic E-state index is 0.120. The van der Waals surface area contributed by atoms with E-state index in [0.29, 0.717) is 32.8 Å². The number of hydrogen-bond donors (Lipinski definition) is 1. The zero-order valence-electron chi connectivity index (χ0n) is 9.75. The largest absolute Gasteiger partial charge is 0.466 e. The Morgan fingerprint density at radius 2 is 1.87 bits per heavy atom. The van der Waals surface area contributed by atoms with E-state index < -0.39 is 0 Å². The second-order valence-corrected chi connectivity index (χ2v) is 3.12. The van der Waals surface area contributed by atoms with Crippen molar-refractivity contribution in [3.05, 3.63) is 0 Å². The summed E-state index contributed by atoms with van der Waals surface area (Å²) in [4.78, 5) is 11.0. The maximum atomic E-state index is 11.0. The third kappa shape index (κ3) is 8.35. The van der Waals surface area contributed by atoms with Crippen LogP contribution < -0.4 is 5.32 Å². The molecule has 0 fully saturated rings. The molecule has 90 valence electrons. The minimum atomic E-state index is -0.182. The van der Waals surface area contributed by atoms with Crippen LogP contribution >= 0.6 is 0 Å². The standard InChI is InChI=1S/C10H21NO4/c1-4-15-10(12)5-6-11-9(7-13-2)8-14-3/h9,11H,4-8H2,1-3H3. The Kier molecular flexibility index (Phi) is 9.46. The molecule has 0 unspecified atom stereocenters. The highest BCUT2D eigenvalue weighted by atomic mass is 16.5. The average Bonchev–Trinajstić information content (AvgIpc) is 2.19. The highest BCUT2D eigenvalue weighted by molar-refractivity contribution is 5.69. The molecule has 0 aromatic carbocycles. The van der Waals surface area contributed by atoms with Crippen LogP contribution in [-0.4, -0.2) is 52.6 Å². The quantitative estimate of drug-likeness (QED) is 0.561. The lowest BCUT2D eigenvalue weighted by molar-refractivity contribution is -0.143. The zero-order valence-corrected chi connectivity index (χ0v) is 9.75. The van der Waals surface area contributed by atoms with Gasteiger partial charge in [0.15, 0.2) is 0 Å². The Labute approximate surface area is 91.1 Å². The van der Waals surface area contributed by atoms with Crippen LogP contribution in [0.1, 0.15) is 13.3 Å². The normalized spacial score (nSPS) is 10.7. The summed E-state index contributed by atoms with van der Waals surface area (Å²) < 4.78 is 14.8. The van der Waals surface area contributed by atoms with Crippen LogP contribution in [0, 0.1) is 0 Å². The lowest BCUT2D eigenvalue weighted by Crippen LogP contribution is -2.38. The number of esters is 1. The van der Waals surface area contributed by atoms with Gasteiger partial charge in [-0.25, -0.2) is 0 Å². The van der Waals surface area contributed by atoms with Crippen molar-refractivity contribution < 1.29 is 19.0 Å². The monoisotopic (exact) mass is 219 g/mol. The van der Waals surface area contributed by atoms with Crippen molar-refractivity contribution in [1.82, 2.24) is 5.32 Å². The number of ether oxygens (including phenoxy) is 3. The van der Waals surface area contributed by atoms with Gasteiger partial charge in [-0.2, -0.15) is 0 Å². The predicted molar refractivity (Wildman–Crippen MR) is 56.8 cm³/mol. The first-order valence-electron chi connectivity index (χ1n) is 5.11. The van der Waals surface area contributed by atoms with Gasteiger partial charge in [0.05, 0.1) is 32.3 Å². The molecule has 0 aromatic heterocycles. The summed E-state index contributed by atoms with van der Waals surface area (Å²) in [5.41, 5.74) is 0. The molecule has 0 amide bonds. The van der Waals surface area contributed by atoms with Gasteiger partial charge >= 0.3 is 5.97 Å². The van der Waals surface area contributed by atoms with Gasteiger partial charge in [0, 0.05) is 20.8 Å². The van der Waals surface area contributed by atoms with Crippen LogP contribution in [0.5, 0.6) is 0 Å². The molecular weight excluding hydrogens is 198 g/mol. The van der Waals surface area contributed by atoms with Gasteiger partial charge in [-0.05, 0) is 6.92 Å².